The second kappa shape index (κ2) is 6.24. The van der Waals surface area contributed by atoms with Crippen LogP contribution in [-0.4, -0.2) is 41.4 Å². The zero-order valence-electron chi connectivity index (χ0n) is 10.3. The third-order valence-corrected chi connectivity index (χ3v) is 5.29. The van der Waals surface area contributed by atoms with Crippen molar-refractivity contribution in [2.75, 3.05) is 17.8 Å². The fourth-order valence-corrected chi connectivity index (χ4v) is 3.96. The lowest BCUT2D eigenvalue weighted by Gasteiger charge is -2.10. The Labute approximate surface area is 110 Å². The van der Waals surface area contributed by atoms with Gasteiger partial charge in [0.15, 0.2) is 5.78 Å². The van der Waals surface area contributed by atoms with Gasteiger partial charge in [0.2, 0.25) is 0 Å². The highest BCUT2D eigenvalue weighted by Crippen LogP contribution is 2.08. The SMILES string of the molecule is CC(C(=O)c1ccccc1)S(=O)CCS(C)(=O)=O. The highest BCUT2D eigenvalue weighted by atomic mass is 32.2. The maximum Gasteiger partial charge on any atom is 0.178 e. The van der Waals surface area contributed by atoms with Crippen LogP contribution in [0.1, 0.15) is 17.3 Å². The lowest BCUT2D eigenvalue weighted by molar-refractivity contribution is 0.0992. The van der Waals surface area contributed by atoms with Crippen molar-refractivity contribution >= 4 is 26.4 Å². The molecule has 18 heavy (non-hydrogen) atoms. The van der Waals surface area contributed by atoms with E-state index in [9.17, 15) is 17.4 Å². The molecule has 6 heteroatoms. The van der Waals surface area contributed by atoms with Gasteiger partial charge in [0, 0.05) is 28.4 Å². The van der Waals surface area contributed by atoms with E-state index in [1.165, 1.54) is 0 Å². The minimum Gasteiger partial charge on any atom is -0.293 e. The van der Waals surface area contributed by atoms with E-state index < -0.39 is 25.9 Å². The smallest absolute Gasteiger partial charge is 0.178 e. The first-order chi connectivity index (χ1) is 8.31. The predicted octanol–water partition coefficient (Wildman–Crippen LogP) is 1.05. The maximum atomic E-state index is 12.0. The molecule has 0 amide bonds. The lowest BCUT2D eigenvalue weighted by atomic mass is 10.1. The van der Waals surface area contributed by atoms with Crippen molar-refractivity contribution in [1.82, 2.24) is 0 Å². The second-order valence-electron chi connectivity index (χ2n) is 4.09. The Hall–Kier alpha value is -1.01. The minimum atomic E-state index is -3.15. The molecular weight excluding hydrogens is 272 g/mol. The summed E-state index contributed by atoms with van der Waals surface area (Å²) in [7, 11) is -4.62. The second-order valence-corrected chi connectivity index (χ2v) is 8.22. The molecule has 0 radical (unpaired) electrons. The van der Waals surface area contributed by atoms with Gasteiger partial charge >= 0.3 is 0 Å². The molecule has 0 aromatic heterocycles. The van der Waals surface area contributed by atoms with Crippen LogP contribution in [0.3, 0.4) is 0 Å². The summed E-state index contributed by atoms with van der Waals surface area (Å²) in [5.41, 5.74) is 0.498. The summed E-state index contributed by atoms with van der Waals surface area (Å²) in [4.78, 5) is 12.0. The molecule has 0 saturated heterocycles. The van der Waals surface area contributed by atoms with Crippen LogP contribution < -0.4 is 0 Å². The summed E-state index contributed by atoms with van der Waals surface area (Å²) in [6.45, 7) is 1.56. The number of carbonyl (C=O) groups excluding carboxylic acids is 1. The Morgan fingerprint density at radius 2 is 1.83 bits per heavy atom. The third kappa shape index (κ3) is 4.70. The highest BCUT2D eigenvalue weighted by Gasteiger charge is 2.21. The number of sulfone groups is 1. The quantitative estimate of drug-likeness (QED) is 0.734. The average molecular weight is 288 g/mol. The van der Waals surface area contributed by atoms with E-state index in [-0.39, 0.29) is 17.3 Å². The summed E-state index contributed by atoms with van der Waals surface area (Å²) in [5, 5.41) is -0.686. The van der Waals surface area contributed by atoms with Gasteiger partial charge in [-0.05, 0) is 6.92 Å². The van der Waals surface area contributed by atoms with Crippen molar-refractivity contribution in [3.8, 4) is 0 Å². The van der Waals surface area contributed by atoms with Crippen molar-refractivity contribution < 1.29 is 17.4 Å². The van der Waals surface area contributed by atoms with Gasteiger partial charge in [0.25, 0.3) is 0 Å². The fourth-order valence-electron chi connectivity index (χ4n) is 1.37. The molecule has 0 bridgehead atoms. The molecule has 0 aliphatic carbocycles. The summed E-state index contributed by atoms with van der Waals surface area (Å²) in [6.07, 6.45) is 1.09. The molecule has 0 aliphatic heterocycles. The number of hydrogen-bond donors (Lipinski definition) is 0. The van der Waals surface area contributed by atoms with Crippen LogP contribution in [0, 0.1) is 0 Å². The van der Waals surface area contributed by atoms with Crippen molar-refractivity contribution in [2.24, 2.45) is 0 Å². The molecule has 1 rings (SSSR count). The zero-order valence-corrected chi connectivity index (χ0v) is 12.0. The molecule has 0 saturated carbocycles. The first kappa shape index (κ1) is 15.0. The summed E-state index contributed by atoms with van der Waals surface area (Å²) < 4.78 is 33.8. The molecule has 2 atom stereocenters. The predicted molar refractivity (Wildman–Crippen MR) is 73.0 cm³/mol. The van der Waals surface area contributed by atoms with Crippen molar-refractivity contribution in [2.45, 2.75) is 12.2 Å². The van der Waals surface area contributed by atoms with Gasteiger partial charge in [-0.15, -0.1) is 0 Å². The Kier molecular flexibility index (Phi) is 5.22. The van der Waals surface area contributed by atoms with Crippen LogP contribution in [0.15, 0.2) is 30.3 Å². The monoisotopic (exact) mass is 288 g/mol. The minimum absolute atomic E-state index is 0.00142. The van der Waals surface area contributed by atoms with Crippen LogP contribution in [0.5, 0.6) is 0 Å². The van der Waals surface area contributed by atoms with E-state index in [1.54, 1.807) is 37.3 Å². The topological polar surface area (TPSA) is 68.3 Å². The molecule has 0 fully saturated rings. The van der Waals surface area contributed by atoms with Crippen molar-refractivity contribution in [3.63, 3.8) is 0 Å². The number of benzene rings is 1. The van der Waals surface area contributed by atoms with Crippen LogP contribution in [0.4, 0.5) is 0 Å². The number of carbonyl (C=O) groups is 1. The Bertz CT molecular complexity index is 534. The zero-order chi connectivity index (χ0) is 13.8. The Balaban J connectivity index is 2.67. The summed E-state index contributed by atoms with van der Waals surface area (Å²) >= 11 is 0. The molecule has 0 spiro atoms. The van der Waals surface area contributed by atoms with Gasteiger partial charge in [-0.3, -0.25) is 9.00 Å². The van der Waals surface area contributed by atoms with Gasteiger partial charge in [-0.2, -0.15) is 0 Å². The molecule has 0 aliphatic rings. The molecule has 100 valence electrons. The number of hydrogen-bond acceptors (Lipinski definition) is 4. The van der Waals surface area contributed by atoms with Gasteiger partial charge in [-0.1, -0.05) is 30.3 Å². The largest absolute Gasteiger partial charge is 0.293 e. The van der Waals surface area contributed by atoms with Gasteiger partial charge < -0.3 is 0 Å². The van der Waals surface area contributed by atoms with E-state index in [0.29, 0.717) is 5.56 Å². The molecular formula is C12H16O4S2. The lowest BCUT2D eigenvalue weighted by Crippen LogP contribution is -2.26. The van der Waals surface area contributed by atoms with Crippen molar-refractivity contribution in [1.29, 1.82) is 0 Å². The molecule has 1 aromatic rings. The normalized spacial score (nSPS) is 15.0. The fraction of sp³-hybridized carbons (Fsp3) is 0.417. The average Bonchev–Trinajstić information content (AvgIpc) is 2.34. The van der Waals surface area contributed by atoms with E-state index in [2.05, 4.69) is 0 Å². The number of ketones is 1. The van der Waals surface area contributed by atoms with Gasteiger partial charge in [0.05, 0.1) is 11.0 Å². The first-order valence-electron chi connectivity index (χ1n) is 5.45. The molecule has 1 aromatic carbocycles. The Morgan fingerprint density at radius 3 is 2.33 bits per heavy atom. The van der Waals surface area contributed by atoms with Crippen LogP contribution >= 0.6 is 0 Å². The maximum absolute atomic E-state index is 12.0. The molecule has 2 unspecified atom stereocenters. The van der Waals surface area contributed by atoms with Crippen LogP contribution in [0.2, 0.25) is 0 Å². The Morgan fingerprint density at radius 1 is 1.28 bits per heavy atom. The first-order valence-corrected chi connectivity index (χ1v) is 8.89. The van der Waals surface area contributed by atoms with E-state index in [4.69, 9.17) is 0 Å². The molecule has 0 N–H and O–H groups in total. The van der Waals surface area contributed by atoms with E-state index >= 15 is 0 Å². The van der Waals surface area contributed by atoms with Crippen molar-refractivity contribution in [3.05, 3.63) is 35.9 Å². The molecule has 0 heterocycles. The number of Topliss-reactive ketones (excluding diaryl/α,β-unsaturated/α-hetero) is 1. The standard InChI is InChI=1S/C12H16O4S2/c1-10(17(14)8-9-18(2,15)16)12(13)11-6-4-3-5-7-11/h3-7,10H,8-9H2,1-2H3. The summed E-state index contributed by atoms with van der Waals surface area (Å²) in [6, 6.07) is 8.58. The highest BCUT2D eigenvalue weighted by molar-refractivity contribution is 7.92. The van der Waals surface area contributed by atoms with E-state index in [1.807, 2.05) is 0 Å². The van der Waals surface area contributed by atoms with Crippen LogP contribution in [0.25, 0.3) is 0 Å². The third-order valence-electron chi connectivity index (χ3n) is 2.48. The van der Waals surface area contributed by atoms with Gasteiger partial charge in [0.1, 0.15) is 9.84 Å². The molecule has 4 nitrogen and oxygen atoms in total. The van der Waals surface area contributed by atoms with Crippen LogP contribution in [-0.2, 0) is 20.6 Å². The number of rotatable bonds is 6. The summed E-state index contributed by atoms with van der Waals surface area (Å²) in [5.74, 6) is -0.382. The van der Waals surface area contributed by atoms with E-state index in [0.717, 1.165) is 6.26 Å². The van der Waals surface area contributed by atoms with Gasteiger partial charge in [-0.25, -0.2) is 8.42 Å².